The maximum absolute atomic E-state index is 13.1. The molecule has 1 N–H and O–H groups in total. The summed E-state index contributed by atoms with van der Waals surface area (Å²) in [4.78, 5) is 22.5. The number of hydrogen-bond donors (Lipinski definition) is 1. The van der Waals surface area contributed by atoms with E-state index in [4.69, 9.17) is 5.11 Å². The van der Waals surface area contributed by atoms with Gasteiger partial charge in [-0.1, -0.05) is 0 Å². The first-order chi connectivity index (χ1) is 8.97. The molecule has 6 nitrogen and oxygen atoms in total. The first-order valence-electron chi connectivity index (χ1n) is 5.88. The summed E-state index contributed by atoms with van der Waals surface area (Å²) in [5.74, 6) is -1.42. The summed E-state index contributed by atoms with van der Waals surface area (Å²) in [6.07, 6.45) is 1.98. The van der Waals surface area contributed by atoms with Crippen LogP contribution in [0.4, 0.5) is 15.8 Å². The summed E-state index contributed by atoms with van der Waals surface area (Å²) >= 11 is 0. The Morgan fingerprint density at radius 2 is 2.21 bits per heavy atom. The lowest BCUT2D eigenvalue weighted by molar-refractivity contribution is -0.384. The van der Waals surface area contributed by atoms with Crippen molar-refractivity contribution in [2.45, 2.75) is 12.8 Å². The van der Waals surface area contributed by atoms with Gasteiger partial charge in [-0.2, -0.15) is 0 Å². The average Bonchev–Trinajstić information content (AvgIpc) is 3.11. The van der Waals surface area contributed by atoms with Crippen LogP contribution in [0, 0.1) is 21.8 Å². The average molecular weight is 268 g/mol. The van der Waals surface area contributed by atoms with Gasteiger partial charge in [0.05, 0.1) is 11.0 Å². The number of aliphatic carboxylic acids is 1. The third kappa shape index (κ3) is 3.40. The lowest BCUT2D eigenvalue weighted by Gasteiger charge is -2.22. The molecular weight excluding hydrogens is 255 g/mol. The van der Waals surface area contributed by atoms with Gasteiger partial charge in [-0.15, -0.1) is 0 Å². The molecule has 102 valence electrons. The minimum absolute atomic E-state index is 0.153. The van der Waals surface area contributed by atoms with Gasteiger partial charge < -0.3 is 10.0 Å². The van der Waals surface area contributed by atoms with E-state index >= 15 is 0 Å². The van der Waals surface area contributed by atoms with Crippen LogP contribution in [0.3, 0.4) is 0 Å². The first-order valence-corrected chi connectivity index (χ1v) is 5.88. The highest BCUT2D eigenvalue weighted by molar-refractivity contribution is 5.76. The quantitative estimate of drug-likeness (QED) is 0.630. The Hall–Kier alpha value is -2.18. The molecule has 0 atom stereocenters. The van der Waals surface area contributed by atoms with E-state index in [1.54, 1.807) is 0 Å². The minimum atomic E-state index is -1.07. The standard InChI is InChI=1S/C12H13FN2O4/c13-9-3-4-10(11(5-9)15(18)19)14(7-12(16)17)6-8-1-2-8/h3-5,8H,1-2,6-7H2,(H,16,17). The molecule has 0 bridgehead atoms. The molecule has 0 spiro atoms. The predicted molar refractivity (Wildman–Crippen MR) is 65.6 cm³/mol. The monoisotopic (exact) mass is 268 g/mol. The van der Waals surface area contributed by atoms with E-state index in [1.165, 1.54) is 11.0 Å². The smallest absolute Gasteiger partial charge is 0.323 e. The number of hydrogen-bond acceptors (Lipinski definition) is 4. The van der Waals surface area contributed by atoms with Crippen molar-refractivity contribution in [2.75, 3.05) is 18.0 Å². The normalized spacial score (nSPS) is 14.2. The number of carboxylic acids is 1. The molecule has 0 unspecified atom stereocenters. The molecule has 0 amide bonds. The minimum Gasteiger partial charge on any atom is -0.480 e. The number of nitro benzene ring substituents is 1. The van der Waals surface area contributed by atoms with E-state index in [9.17, 15) is 19.3 Å². The van der Waals surface area contributed by atoms with Gasteiger partial charge in [0.15, 0.2) is 0 Å². The summed E-state index contributed by atoms with van der Waals surface area (Å²) in [6, 6.07) is 3.18. The van der Waals surface area contributed by atoms with Crippen molar-refractivity contribution in [2.24, 2.45) is 5.92 Å². The van der Waals surface area contributed by atoms with Crippen LogP contribution < -0.4 is 4.90 Å². The largest absolute Gasteiger partial charge is 0.480 e. The molecule has 19 heavy (non-hydrogen) atoms. The fraction of sp³-hybridized carbons (Fsp3) is 0.417. The zero-order valence-electron chi connectivity index (χ0n) is 10.1. The van der Waals surface area contributed by atoms with Crippen LogP contribution in [0.15, 0.2) is 18.2 Å². The maximum Gasteiger partial charge on any atom is 0.323 e. The van der Waals surface area contributed by atoms with E-state index in [0.29, 0.717) is 12.5 Å². The van der Waals surface area contributed by atoms with E-state index < -0.39 is 22.4 Å². The van der Waals surface area contributed by atoms with Gasteiger partial charge in [-0.3, -0.25) is 14.9 Å². The van der Waals surface area contributed by atoms with Crippen LogP contribution in [-0.4, -0.2) is 29.1 Å². The van der Waals surface area contributed by atoms with Crippen LogP contribution in [-0.2, 0) is 4.79 Å². The molecule has 1 aliphatic rings. The number of nitrogens with zero attached hydrogens (tertiary/aromatic N) is 2. The lowest BCUT2D eigenvalue weighted by Crippen LogP contribution is -2.32. The summed E-state index contributed by atoms with van der Waals surface area (Å²) in [6.45, 7) is 0.113. The van der Waals surface area contributed by atoms with Gasteiger partial charge in [0.1, 0.15) is 18.0 Å². The highest BCUT2D eigenvalue weighted by Gasteiger charge is 2.29. The molecule has 0 heterocycles. The van der Waals surface area contributed by atoms with Crippen molar-refractivity contribution < 1.29 is 19.2 Å². The zero-order valence-corrected chi connectivity index (χ0v) is 10.1. The Kier molecular flexibility index (Phi) is 3.64. The Labute approximate surface area is 108 Å². The molecule has 0 aliphatic heterocycles. The van der Waals surface area contributed by atoms with Gasteiger partial charge in [0.25, 0.3) is 5.69 Å². The fourth-order valence-electron chi connectivity index (χ4n) is 1.93. The van der Waals surface area contributed by atoms with Crippen molar-refractivity contribution in [3.8, 4) is 0 Å². The lowest BCUT2D eigenvalue weighted by atomic mass is 10.2. The molecule has 0 radical (unpaired) electrons. The van der Waals surface area contributed by atoms with Gasteiger partial charge in [-0.25, -0.2) is 4.39 Å². The second-order valence-corrected chi connectivity index (χ2v) is 4.61. The number of anilines is 1. The number of rotatable bonds is 6. The Morgan fingerprint density at radius 1 is 1.53 bits per heavy atom. The number of nitro groups is 1. The Morgan fingerprint density at radius 3 is 2.74 bits per heavy atom. The summed E-state index contributed by atoms with van der Waals surface area (Å²) < 4.78 is 13.1. The molecule has 1 aromatic rings. The molecule has 1 aliphatic carbocycles. The highest BCUT2D eigenvalue weighted by Crippen LogP contribution is 2.34. The third-order valence-corrected chi connectivity index (χ3v) is 2.98. The molecular formula is C12H13FN2O4. The Balaban J connectivity index is 2.33. The molecule has 0 aromatic heterocycles. The number of benzene rings is 1. The van der Waals surface area contributed by atoms with Crippen LogP contribution in [0.5, 0.6) is 0 Å². The number of carbonyl (C=O) groups is 1. The molecule has 1 saturated carbocycles. The first kappa shape index (κ1) is 13.3. The maximum atomic E-state index is 13.1. The van der Waals surface area contributed by atoms with E-state index in [0.717, 1.165) is 25.0 Å². The van der Waals surface area contributed by atoms with Crippen molar-refractivity contribution in [1.82, 2.24) is 0 Å². The van der Waals surface area contributed by atoms with Crippen molar-refractivity contribution in [3.63, 3.8) is 0 Å². The SMILES string of the molecule is O=C(O)CN(CC1CC1)c1ccc(F)cc1[N+](=O)[O-]. The van der Waals surface area contributed by atoms with E-state index in [2.05, 4.69) is 0 Å². The van der Waals surface area contributed by atoms with Crippen LogP contribution in [0.2, 0.25) is 0 Å². The highest BCUT2D eigenvalue weighted by atomic mass is 19.1. The van der Waals surface area contributed by atoms with E-state index in [1.807, 2.05) is 0 Å². The predicted octanol–water partition coefficient (Wildman–Crippen LogP) is 2.03. The van der Waals surface area contributed by atoms with E-state index in [-0.39, 0.29) is 12.2 Å². The van der Waals surface area contributed by atoms with Crippen LogP contribution in [0.25, 0.3) is 0 Å². The molecule has 1 aromatic carbocycles. The topological polar surface area (TPSA) is 83.7 Å². The van der Waals surface area contributed by atoms with Crippen LogP contribution >= 0.6 is 0 Å². The summed E-state index contributed by atoms with van der Waals surface area (Å²) in [5.41, 5.74) is -0.248. The summed E-state index contributed by atoms with van der Waals surface area (Å²) in [5, 5.41) is 19.8. The summed E-state index contributed by atoms with van der Waals surface area (Å²) in [7, 11) is 0. The fourth-order valence-corrected chi connectivity index (χ4v) is 1.93. The van der Waals surface area contributed by atoms with Crippen molar-refractivity contribution >= 4 is 17.3 Å². The molecule has 7 heteroatoms. The molecule has 2 rings (SSSR count). The van der Waals surface area contributed by atoms with Gasteiger partial charge >= 0.3 is 5.97 Å². The second-order valence-electron chi connectivity index (χ2n) is 4.61. The molecule has 1 fully saturated rings. The van der Waals surface area contributed by atoms with Gasteiger partial charge in [-0.05, 0) is 30.9 Å². The second kappa shape index (κ2) is 5.21. The van der Waals surface area contributed by atoms with Crippen molar-refractivity contribution in [3.05, 3.63) is 34.1 Å². The van der Waals surface area contributed by atoms with Gasteiger partial charge in [0, 0.05) is 6.54 Å². The van der Waals surface area contributed by atoms with Gasteiger partial charge in [0.2, 0.25) is 0 Å². The Bertz CT molecular complexity index is 516. The number of halogens is 1. The third-order valence-electron chi connectivity index (χ3n) is 2.98. The molecule has 0 saturated heterocycles. The van der Waals surface area contributed by atoms with Crippen LogP contribution in [0.1, 0.15) is 12.8 Å². The number of carboxylic acid groups (broad SMARTS) is 1. The van der Waals surface area contributed by atoms with Crippen molar-refractivity contribution in [1.29, 1.82) is 0 Å². The zero-order chi connectivity index (χ0) is 14.0.